The van der Waals surface area contributed by atoms with Gasteiger partial charge in [0.15, 0.2) is 11.5 Å². The molecular weight excluding hydrogens is 260 g/mol. The molecule has 4 N–H and O–H groups in total. The number of hydrogen-bond donors (Lipinski definition) is 3. The summed E-state index contributed by atoms with van der Waals surface area (Å²) in [6.45, 7) is 1.05. The SMILES string of the molecule is COc1cc(N)c(NCCNC(=O)N(C)C)cc1OC. The van der Waals surface area contributed by atoms with Crippen LogP contribution in [0.15, 0.2) is 12.1 Å². The van der Waals surface area contributed by atoms with E-state index in [2.05, 4.69) is 10.6 Å². The number of benzene rings is 1. The molecule has 20 heavy (non-hydrogen) atoms. The zero-order valence-electron chi connectivity index (χ0n) is 12.3. The predicted octanol–water partition coefficient (Wildman–Crippen LogP) is 0.969. The molecule has 0 radical (unpaired) electrons. The highest BCUT2D eigenvalue weighted by atomic mass is 16.5. The van der Waals surface area contributed by atoms with Crippen LogP contribution in [0.5, 0.6) is 11.5 Å². The molecule has 0 aliphatic rings. The molecule has 0 atom stereocenters. The van der Waals surface area contributed by atoms with Crippen LogP contribution in [-0.4, -0.2) is 52.3 Å². The molecule has 2 amide bonds. The summed E-state index contributed by atoms with van der Waals surface area (Å²) in [4.78, 5) is 12.8. The first-order valence-electron chi connectivity index (χ1n) is 6.20. The van der Waals surface area contributed by atoms with Crippen LogP contribution in [-0.2, 0) is 0 Å². The second-order valence-electron chi connectivity index (χ2n) is 4.35. The third-order valence-corrected chi connectivity index (χ3v) is 2.68. The van der Waals surface area contributed by atoms with Crippen molar-refractivity contribution in [3.8, 4) is 11.5 Å². The van der Waals surface area contributed by atoms with E-state index in [0.717, 1.165) is 5.69 Å². The number of hydrogen-bond acceptors (Lipinski definition) is 5. The molecular formula is C13H22N4O3. The van der Waals surface area contributed by atoms with Gasteiger partial charge in [-0.25, -0.2) is 4.79 Å². The van der Waals surface area contributed by atoms with Gasteiger partial charge in [-0.1, -0.05) is 0 Å². The number of urea groups is 1. The van der Waals surface area contributed by atoms with Crippen LogP contribution in [0.4, 0.5) is 16.2 Å². The Morgan fingerprint density at radius 1 is 1.20 bits per heavy atom. The summed E-state index contributed by atoms with van der Waals surface area (Å²) in [5.74, 6) is 1.18. The van der Waals surface area contributed by atoms with Crippen molar-refractivity contribution in [1.29, 1.82) is 0 Å². The smallest absolute Gasteiger partial charge is 0.316 e. The number of carbonyl (C=O) groups is 1. The molecule has 112 valence electrons. The first-order valence-corrected chi connectivity index (χ1v) is 6.20. The minimum Gasteiger partial charge on any atom is -0.493 e. The van der Waals surface area contributed by atoms with Crippen molar-refractivity contribution in [2.75, 3.05) is 52.5 Å². The Morgan fingerprint density at radius 3 is 2.35 bits per heavy atom. The number of nitrogens with two attached hydrogens (primary N) is 1. The number of nitrogens with one attached hydrogen (secondary N) is 2. The lowest BCUT2D eigenvalue weighted by Gasteiger charge is -2.15. The molecule has 0 spiro atoms. The summed E-state index contributed by atoms with van der Waals surface area (Å²) in [7, 11) is 6.50. The fourth-order valence-corrected chi connectivity index (χ4v) is 1.57. The number of carbonyl (C=O) groups excluding carboxylic acids is 1. The van der Waals surface area contributed by atoms with Crippen LogP contribution < -0.4 is 25.8 Å². The minimum absolute atomic E-state index is 0.132. The third kappa shape index (κ3) is 4.11. The van der Waals surface area contributed by atoms with Gasteiger partial charge in [0.05, 0.1) is 25.6 Å². The van der Waals surface area contributed by atoms with E-state index in [9.17, 15) is 4.79 Å². The Balaban J connectivity index is 2.58. The number of nitrogen functional groups attached to an aromatic ring is 1. The Kier molecular flexibility index (Phi) is 5.76. The van der Waals surface area contributed by atoms with Crippen LogP contribution in [0.1, 0.15) is 0 Å². The van der Waals surface area contributed by atoms with Gasteiger partial charge in [-0.3, -0.25) is 0 Å². The second kappa shape index (κ2) is 7.32. The first kappa shape index (κ1) is 15.7. The molecule has 7 heteroatoms. The van der Waals surface area contributed by atoms with E-state index in [1.54, 1.807) is 40.4 Å². The highest BCUT2D eigenvalue weighted by Gasteiger charge is 2.09. The fraction of sp³-hybridized carbons (Fsp3) is 0.462. The zero-order chi connectivity index (χ0) is 15.1. The average Bonchev–Trinajstić information content (AvgIpc) is 2.43. The zero-order valence-corrected chi connectivity index (χ0v) is 12.3. The van der Waals surface area contributed by atoms with Gasteiger partial charge in [-0.15, -0.1) is 0 Å². The van der Waals surface area contributed by atoms with Crippen LogP contribution in [0.2, 0.25) is 0 Å². The van der Waals surface area contributed by atoms with E-state index in [-0.39, 0.29) is 6.03 Å². The van der Waals surface area contributed by atoms with E-state index >= 15 is 0 Å². The van der Waals surface area contributed by atoms with Crippen LogP contribution >= 0.6 is 0 Å². The van der Waals surface area contributed by atoms with Gasteiger partial charge in [0.2, 0.25) is 0 Å². The number of methoxy groups -OCH3 is 2. The van der Waals surface area contributed by atoms with Gasteiger partial charge in [0.1, 0.15) is 0 Å². The van der Waals surface area contributed by atoms with Gasteiger partial charge < -0.3 is 30.7 Å². The predicted molar refractivity (Wildman–Crippen MR) is 79.5 cm³/mol. The Morgan fingerprint density at radius 2 is 1.80 bits per heavy atom. The Hall–Kier alpha value is -2.31. The molecule has 7 nitrogen and oxygen atoms in total. The van der Waals surface area contributed by atoms with Crippen molar-refractivity contribution >= 4 is 17.4 Å². The number of rotatable bonds is 6. The molecule has 1 rings (SSSR count). The van der Waals surface area contributed by atoms with Crippen molar-refractivity contribution in [3.05, 3.63) is 12.1 Å². The molecule has 1 aromatic carbocycles. The highest BCUT2D eigenvalue weighted by Crippen LogP contribution is 2.34. The molecule has 0 unspecified atom stereocenters. The topological polar surface area (TPSA) is 88.8 Å². The number of nitrogens with zero attached hydrogens (tertiary/aromatic N) is 1. The first-order chi connectivity index (χ1) is 9.49. The normalized spacial score (nSPS) is 9.80. The average molecular weight is 282 g/mol. The summed E-state index contributed by atoms with van der Waals surface area (Å²) in [6.07, 6.45) is 0. The number of ether oxygens (including phenoxy) is 2. The summed E-state index contributed by atoms with van der Waals surface area (Å²) < 4.78 is 10.4. The standard InChI is InChI=1S/C13H22N4O3/c1-17(2)13(18)16-6-5-15-10-8-12(20-4)11(19-3)7-9(10)14/h7-8,15H,5-6,14H2,1-4H3,(H,16,18). The molecule has 0 aliphatic heterocycles. The van der Waals surface area contributed by atoms with E-state index in [0.29, 0.717) is 30.3 Å². The summed E-state index contributed by atoms with van der Waals surface area (Å²) >= 11 is 0. The van der Waals surface area contributed by atoms with Crippen molar-refractivity contribution in [2.45, 2.75) is 0 Å². The Bertz CT molecular complexity index is 463. The maximum Gasteiger partial charge on any atom is 0.316 e. The lowest BCUT2D eigenvalue weighted by Crippen LogP contribution is -2.37. The van der Waals surface area contributed by atoms with E-state index in [4.69, 9.17) is 15.2 Å². The lowest BCUT2D eigenvalue weighted by molar-refractivity contribution is 0.218. The summed E-state index contributed by atoms with van der Waals surface area (Å²) in [6, 6.07) is 3.33. The monoisotopic (exact) mass is 282 g/mol. The van der Waals surface area contributed by atoms with Crippen molar-refractivity contribution in [1.82, 2.24) is 10.2 Å². The van der Waals surface area contributed by atoms with E-state index in [1.165, 1.54) is 4.90 Å². The Labute approximate surface area is 119 Å². The highest BCUT2D eigenvalue weighted by molar-refractivity contribution is 5.74. The van der Waals surface area contributed by atoms with Crippen LogP contribution in [0.25, 0.3) is 0 Å². The molecule has 0 bridgehead atoms. The van der Waals surface area contributed by atoms with Crippen LogP contribution in [0.3, 0.4) is 0 Å². The quantitative estimate of drug-likeness (QED) is 0.534. The van der Waals surface area contributed by atoms with Crippen molar-refractivity contribution < 1.29 is 14.3 Å². The van der Waals surface area contributed by atoms with Gasteiger partial charge in [0.25, 0.3) is 0 Å². The largest absolute Gasteiger partial charge is 0.493 e. The van der Waals surface area contributed by atoms with Crippen LogP contribution in [0, 0.1) is 0 Å². The molecule has 1 aromatic rings. The molecule has 0 heterocycles. The van der Waals surface area contributed by atoms with Crippen molar-refractivity contribution in [3.63, 3.8) is 0 Å². The van der Waals surface area contributed by atoms with Gasteiger partial charge in [-0.2, -0.15) is 0 Å². The molecule has 0 aromatic heterocycles. The molecule has 0 fully saturated rings. The lowest BCUT2D eigenvalue weighted by atomic mass is 10.2. The molecule has 0 aliphatic carbocycles. The number of amides is 2. The van der Waals surface area contributed by atoms with E-state index < -0.39 is 0 Å². The van der Waals surface area contributed by atoms with E-state index in [1.807, 2.05) is 0 Å². The second-order valence-corrected chi connectivity index (χ2v) is 4.35. The van der Waals surface area contributed by atoms with Gasteiger partial charge >= 0.3 is 6.03 Å². The molecule has 0 saturated heterocycles. The summed E-state index contributed by atoms with van der Waals surface area (Å²) in [5, 5.41) is 5.89. The maximum absolute atomic E-state index is 11.3. The minimum atomic E-state index is -0.132. The molecule has 0 saturated carbocycles. The summed E-state index contributed by atoms with van der Waals surface area (Å²) in [5.41, 5.74) is 7.21. The van der Waals surface area contributed by atoms with Crippen molar-refractivity contribution in [2.24, 2.45) is 0 Å². The van der Waals surface area contributed by atoms with Gasteiger partial charge in [-0.05, 0) is 0 Å². The maximum atomic E-state index is 11.3. The number of anilines is 2. The third-order valence-electron chi connectivity index (χ3n) is 2.68. The van der Waals surface area contributed by atoms with Gasteiger partial charge in [0, 0.05) is 39.3 Å². The fourth-order valence-electron chi connectivity index (χ4n) is 1.57.